The van der Waals surface area contributed by atoms with Crippen molar-refractivity contribution >= 4 is 17.7 Å². The molecule has 3 aliphatic rings. The number of hydrogen-bond acceptors (Lipinski definition) is 5. The fourth-order valence-electron chi connectivity index (χ4n) is 5.15. The number of carbonyl (C=O) groups is 3. The molecule has 3 atom stereocenters. The number of carbonyl (C=O) groups excluding carboxylic acids is 3. The monoisotopic (exact) mass is 418 g/mol. The van der Waals surface area contributed by atoms with E-state index in [2.05, 4.69) is 28.4 Å². The number of nitrogens with zero attached hydrogens (tertiary/aromatic N) is 2. The third-order valence-electron chi connectivity index (χ3n) is 6.67. The van der Waals surface area contributed by atoms with Crippen LogP contribution in [-0.4, -0.2) is 46.1 Å². The predicted molar refractivity (Wildman–Crippen MR) is 115 cm³/mol. The molecule has 1 unspecified atom stereocenters. The van der Waals surface area contributed by atoms with E-state index < -0.39 is 6.04 Å². The van der Waals surface area contributed by atoms with Crippen molar-refractivity contribution in [1.82, 2.24) is 15.1 Å². The topological polar surface area (TPSA) is 95.7 Å². The van der Waals surface area contributed by atoms with Gasteiger partial charge in [-0.15, -0.1) is 0 Å². The zero-order valence-corrected chi connectivity index (χ0v) is 17.3. The Hall–Kier alpha value is -3.03. The van der Waals surface area contributed by atoms with Crippen LogP contribution >= 0.6 is 0 Å². The minimum atomic E-state index is -0.595. The Balaban J connectivity index is 1.39. The molecule has 0 bridgehead atoms. The van der Waals surface area contributed by atoms with E-state index in [4.69, 9.17) is 5.73 Å². The Labute approximate surface area is 181 Å². The van der Waals surface area contributed by atoms with Crippen molar-refractivity contribution in [1.29, 1.82) is 0 Å². The van der Waals surface area contributed by atoms with Crippen LogP contribution < -0.4 is 11.1 Å². The summed E-state index contributed by atoms with van der Waals surface area (Å²) in [4.78, 5) is 40.9. The van der Waals surface area contributed by atoms with Gasteiger partial charge in [-0.2, -0.15) is 0 Å². The van der Waals surface area contributed by atoms with Gasteiger partial charge in [-0.05, 0) is 35.6 Å². The Morgan fingerprint density at radius 1 is 1.00 bits per heavy atom. The maximum absolute atomic E-state index is 13.1. The SMILES string of the molecule is N[C@H]1C[C@@H](c2ccccc2)N(Cc2cccc3c2CN(C2CCC(=O)NC2=O)C3=O)C1. The molecule has 0 spiro atoms. The minimum Gasteiger partial charge on any atom is -0.326 e. The smallest absolute Gasteiger partial charge is 0.255 e. The van der Waals surface area contributed by atoms with E-state index in [1.54, 1.807) is 4.90 Å². The number of benzene rings is 2. The van der Waals surface area contributed by atoms with Crippen LogP contribution in [0.5, 0.6) is 0 Å². The zero-order valence-electron chi connectivity index (χ0n) is 17.3. The summed E-state index contributed by atoms with van der Waals surface area (Å²) in [5.41, 5.74) is 10.3. The second kappa shape index (κ2) is 7.90. The van der Waals surface area contributed by atoms with Gasteiger partial charge in [0.05, 0.1) is 0 Å². The van der Waals surface area contributed by atoms with Crippen molar-refractivity contribution in [2.45, 2.75) is 50.5 Å². The summed E-state index contributed by atoms with van der Waals surface area (Å²) in [7, 11) is 0. The maximum Gasteiger partial charge on any atom is 0.255 e. The van der Waals surface area contributed by atoms with Crippen LogP contribution in [0.3, 0.4) is 0 Å². The van der Waals surface area contributed by atoms with Crippen LogP contribution in [0.25, 0.3) is 0 Å². The number of imide groups is 1. The molecule has 2 aromatic carbocycles. The van der Waals surface area contributed by atoms with Crippen LogP contribution in [0.4, 0.5) is 0 Å². The maximum atomic E-state index is 13.1. The average molecular weight is 418 g/mol. The molecule has 7 heteroatoms. The van der Waals surface area contributed by atoms with Gasteiger partial charge in [0.2, 0.25) is 11.8 Å². The Kier molecular flexibility index (Phi) is 5.08. The van der Waals surface area contributed by atoms with Gasteiger partial charge in [0.15, 0.2) is 0 Å². The lowest BCUT2D eigenvalue weighted by Crippen LogP contribution is -2.52. The third kappa shape index (κ3) is 3.64. The lowest BCUT2D eigenvalue weighted by Gasteiger charge is -2.29. The molecule has 31 heavy (non-hydrogen) atoms. The van der Waals surface area contributed by atoms with Crippen molar-refractivity contribution in [3.05, 3.63) is 70.8 Å². The van der Waals surface area contributed by atoms with E-state index in [0.29, 0.717) is 25.1 Å². The summed E-state index contributed by atoms with van der Waals surface area (Å²) in [5, 5.41) is 2.36. The van der Waals surface area contributed by atoms with Crippen molar-refractivity contribution < 1.29 is 14.4 Å². The van der Waals surface area contributed by atoms with E-state index in [0.717, 1.165) is 24.1 Å². The number of nitrogens with two attached hydrogens (primary N) is 1. The van der Waals surface area contributed by atoms with Gasteiger partial charge >= 0.3 is 0 Å². The molecule has 3 N–H and O–H groups in total. The summed E-state index contributed by atoms with van der Waals surface area (Å²) in [6.45, 7) is 1.90. The first-order valence-corrected chi connectivity index (χ1v) is 10.8. The van der Waals surface area contributed by atoms with Gasteiger partial charge in [-0.3, -0.25) is 24.6 Å². The lowest BCUT2D eigenvalue weighted by atomic mass is 10.0. The van der Waals surface area contributed by atoms with Crippen LogP contribution in [0, 0.1) is 0 Å². The van der Waals surface area contributed by atoms with Gasteiger partial charge < -0.3 is 10.6 Å². The number of likely N-dealkylation sites (tertiary alicyclic amines) is 1. The Bertz CT molecular complexity index is 1040. The van der Waals surface area contributed by atoms with Crippen molar-refractivity contribution in [3.8, 4) is 0 Å². The van der Waals surface area contributed by atoms with E-state index in [-0.39, 0.29) is 36.2 Å². The standard InChI is InChI=1S/C24H26N4O3/c25-17-11-21(15-5-2-1-3-6-15)27(13-17)12-16-7-4-8-18-19(16)14-28(24(18)31)20-9-10-22(29)26-23(20)30/h1-8,17,20-21H,9-14,25H2,(H,26,29,30)/t17-,20?,21-/m0/s1. The van der Waals surface area contributed by atoms with E-state index >= 15 is 0 Å². The third-order valence-corrected chi connectivity index (χ3v) is 6.67. The first-order chi connectivity index (χ1) is 15.0. The van der Waals surface area contributed by atoms with E-state index in [1.807, 2.05) is 30.3 Å². The molecule has 160 valence electrons. The summed E-state index contributed by atoms with van der Waals surface area (Å²) in [5.74, 6) is -0.791. The molecule has 3 aliphatic heterocycles. The van der Waals surface area contributed by atoms with Crippen molar-refractivity contribution in [3.63, 3.8) is 0 Å². The molecule has 0 aliphatic carbocycles. The normalized spacial score (nSPS) is 26.3. The van der Waals surface area contributed by atoms with Gasteiger partial charge in [0.25, 0.3) is 5.91 Å². The van der Waals surface area contributed by atoms with Crippen LogP contribution in [-0.2, 0) is 22.7 Å². The van der Waals surface area contributed by atoms with Gasteiger partial charge in [-0.25, -0.2) is 0 Å². The number of amides is 3. The molecule has 7 nitrogen and oxygen atoms in total. The molecule has 0 aromatic heterocycles. The molecular formula is C24H26N4O3. The molecule has 2 fully saturated rings. The number of fused-ring (bicyclic) bond motifs is 1. The van der Waals surface area contributed by atoms with Gasteiger partial charge in [-0.1, -0.05) is 42.5 Å². The van der Waals surface area contributed by atoms with Gasteiger partial charge in [0, 0.05) is 43.7 Å². The largest absolute Gasteiger partial charge is 0.326 e. The molecular weight excluding hydrogens is 392 g/mol. The quantitative estimate of drug-likeness (QED) is 0.737. The number of hydrogen-bond donors (Lipinski definition) is 2. The second-order valence-electron chi connectivity index (χ2n) is 8.69. The molecule has 5 rings (SSSR count). The van der Waals surface area contributed by atoms with Crippen LogP contribution in [0.1, 0.15) is 52.4 Å². The molecule has 3 amide bonds. The predicted octanol–water partition coefficient (Wildman–Crippen LogP) is 1.72. The Morgan fingerprint density at radius 2 is 1.81 bits per heavy atom. The van der Waals surface area contributed by atoms with E-state index in [1.165, 1.54) is 5.56 Å². The highest BCUT2D eigenvalue weighted by atomic mass is 16.2. The number of nitrogens with one attached hydrogen (secondary N) is 1. The highest BCUT2D eigenvalue weighted by Crippen LogP contribution is 2.35. The molecule has 3 heterocycles. The number of piperidine rings is 1. The second-order valence-corrected chi connectivity index (χ2v) is 8.69. The van der Waals surface area contributed by atoms with Gasteiger partial charge in [0.1, 0.15) is 6.04 Å². The van der Waals surface area contributed by atoms with Crippen LogP contribution in [0.2, 0.25) is 0 Å². The Morgan fingerprint density at radius 3 is 2.58 bits per heavy atom. The summed E-state index contributed by atoms with van der Waals surface area (Å²) >= 11 is 0. The fourth-order valence-corrected chi connectivity index (χ4v) is 5.15. The lowest BCUT2D eigenvalue weighted by molar-refractivity contribution is -0.136. The molecule has 2 saturated heterocycles. The summed E-state index contributed by atoms with van der Waals surface area (Å²) in [6, 6.07) is 16.0. The average Bonchev–Trinajstić information content (AvgIpc) is 3.29. The zero-order chi connectivity index (χ0) is 21.5. The highest BCUT2D eigenvalue weighted by molar-refractivity contribution is 6.05. The van der Waals surface area contributed by atoms with Crippen LogP contribution in [0.15, 0.2) is 48.5 Å². The van der Waals surface area contributed by atoms with Crippen molar-refractivity contribution in [2.75, 3.05) is 6.54 Å². The first kappa shape index (κ1) is 19.9. The molecule has 0 saturated carbocycles. The molecule has 0 radical (unpaired) electrons. The molecule has 2 aromatic rings. The van der Waals surface area contributed by atoms with Crippen molar-refractivity contribution in [2.24, 2.45) is 5.73 Å². The summed E-state index contributed by atoms with van der Waals surface area (Å²) < 4.78 is 0. The van der Waals surface area contributed by atoms with E-state index in [9.17, 15) is 14.4 Å². The fraction of sp³-hybridized carbons (Fsp3) is 0.375. The number of rotatable bonds is 4. The minimum absolute atomic E-state index is 0.114. The summed E-state index contributed by atoms with van der Waals surface area (Å²) in [6.07, 6.45) is 1.53. The first-order valence-electron chi connectivity index (χ1n) is 10.8. The highest BCUT2D eigenvalue weighted by Gasteiger charge is 2.40.